The molecule has 2 aromatic heterocycles. The molecule has 1 N–H and O–H groups in total. The number of carbonyl (C=O) groups is 1. The van der Waals surface area contributed by atoms with E-state index in [1.807, 2.05) is 21.2 Å². The third-order valence-electron chi connectivity index (χ3n) is 8.48. The van der Waals surface area contributed by atoms with Crippen molar-refractivity contribution in [1.82, 2.24) is 14.2 Å². The zero-order chi connectivity index (χ0) is 30.5. The van der Waals surface area contributed by atoms with E-state index in [-0.39, 0.29) is 24.1 Å². The van der Waals surface area contributed by atoms with Gasteiger partial charge in [-0.05, 0) is 62.6 Å². The van der Waals surface area contributed by atoms with Gasteiger partial charge in [-0.15, -0.1) is 0 Å². The van der Waals surface area contributed by atoms with Crippen molar-refractivity contribution in [2.24, 2.45) is 0 Å². The summed E-state index contributed by atoms with van der Waals surface area (Å²) in [4.78, 5) is 25.8. The Bertz CT molecular complexity index is 1710. The molecular formula is C34H37FN4O4. The summed E-state index contributed by atoms with van der Waals surface area (Å²) in [5.41, 5.74) is 4.02. The van der Waals surface area contributed by atoms with E-state index in [9.17, 15) is 20.0 Å². The topological polar surface area (TPSA) is 110 Å². The minimum atomic E-state index is -0.951. The van der Waals surface area contributed by atoms with E-state index in [2.05, 4.69) is 18.1 Å². The van der Waals surface area contributed by atoms with Crippen LogP contribution in [-0.2, 0) is 22.4 Å². The lowest BCUT2D eigenvalue weighted by molar-refractivity contribution is -0.156. The normalized spacial score (nSPS) is 17.5. The molecule has 43 heavy (non-hydrogen) atoms. The van der Waals surface area contributed by atoms with E-state index in [1.54, 1.807) is 43.5 Å². The fourth-order valence-electron chi connectivity index (χ4n) is 6.23. The van der Waals surface area contributed by atoms with Crippen molar-refractivity contribution in [3.8, 4) is 17.2 Å². The van der Waals surface area contributed by atoms with Gasteiger partial charge in [0.25, 0.3) is 5.56 Å². The van der Waals surface area contributed by atoms with Crippen LogP contribution in [0.5, 0.6) is 0 Å². The highest BCUT2D eigenvalue weighted by atomic mass is 19.1. The Hall–Kier alpha value is -4.29. The van der Waals surface area contributed by atoms with E-state index in [0.717, 1.165) is 24.2 Å². The number of nitrogens with zero attached hydrogens (tertiary/aromatic N) is 4. The number of hydrogen-bond acceptors (Lipinski definition) is 5. The van der Waals surface area contributed by atoms with Crippen molar-refractivity contribution >= 4 is 11.6 Å². The molecule has 1 aliphatic rings. The average Bonchev–Trinajstić information content (AvgIpc) is 3.49. The number of unbranched alkanes of at least 4 members (excludes halogenated alkanes) is 1. The number of hydrogen-bond donors (Lipinski definition) is 1. The molecule has 1 atom stereocenters. The third kappa shape index (κ3) is 6.25. The second-order valence-electron chi connectivity index (χ2n) is 11.3. The van der Waals surface area contributed by atoms with Gasteiger partial charge in [-0.2, -0.15) is 10.4 Å². The molecule has 2 aromatic carbocycles. The van der Waals surface area contributed by atoms with E-state index in [1.165, 1.54) is 6.07 Å². The van der Waals surface area contributed by atoms with E-state index >= 15 is 4.39 Å². The summed E-state index contributed by atoms with van der Waals surface area (Å²) in [6, 6.07) is 15.8. The predicted octanol–water partition coefficient (Wildman–Crippen LogP) is 6.47. The first-order valence-electron chi connectivity index (χ1n) is 15.1. The summed E-state index contributed by atoms with van der Waals surface area (Å²) in [7, 11) is 0. The van der Waals surface area contributed by atoms with Crippen molar-refractivity contribution in [3.63, 3.8) is 0 Å². The molecule has 1 aliphatic carbocycles. The number of halogens is 1. The predicted molar refractivity (Wildman–Crippen MR) is 162 cm³/mol. The van der Waals surface area contributed by atoms with Crippen LogP contribution >= 0.6 is 0 Å². The van der Waals surface area contributed by atoms with Gasteiger partial charge in [0.1, 0.15) is 11.5 Å². The lowest BCUT2D eigenvalue weighted by Gasteiger charge is -2.32. The summed E-state index contributed by atoms with van der Waals surface area (Å²) < 4.78 is 25.0. The first-order chi connectivity index (χ1) is 20.9. The molecular weight excluding hydrogens is 547 g/mol. The second kappa shape index (κ2) is 13.3. The molecule has 0 aliphatic heterocycles. The number of rotatable bonds is 11. The van der Waals surface area contributed by atoms with Gasteiger partial charge in [0.15, 0.2) is 6.10 Å². The first kappa shape index (κ1) is 30.2. The van der Waals surface area contributed by atoms with Gasteiger partial charge in [-0.25, -0.2) is 13.7 Å². The van der Waals surface area contributed by atoms with Crippen LogP contribution in [0.4, 0.5) is 4.39 Å². The van der Waals surface area contributed by atoms with Crippen LogP contribution in [0.3, 0.4) is 0 Å². The van der Waals surface area contributed by atoms with E-state index < -0.39 is 17.9 Å². The molecule has 0 bridgehead atoms. The van der Waals surface area contributed by atoms with Gasteiger partial charge >= 0.3 is 5.97 Å². The van der Waals surface area contributed by atoms with Gasteiger partial charge in [-0.1, -0.05) is 50.6 Å². The maximum absolute atomic E-state index is 15.5. The van der Waals surface area contributed by atoms with Crippen LogP contribution in [0.25, 0.3) is 16.8 Å². The lowest BCUT2D eigenvalue weighted by atomic mass is 9.92. The Morgan fingerprint density at radius 2 is 1.91 bits per heavy atom. The maximum atomic E-state index is 15.5. The number of ether oxygens (including phenoxy) is 1. The molecule has 0 radical (unpaired) electrons. The Kier molecular flexibility index (Phi) is 9.37. The Labute approximate surface area is 250 Å². The molecule has 8 nitrogen and oxygen atoms in total. The Morgan fingerprint density at radius 3 is 2.58 bits per heavy atom. The minimum absolute atomic E-state index is 0.0861. The molecule has 2 heterocycles. The van der Waals surface area contributed by atoms with Gasteiger partial charge < -0.3 is 9.84 Å². The molecule has 0 amide bonds. The van der Waals surface area contributed by atoms with Crippen LogP contribution in [0.2, 0.25) is 0 Å². The molecule has 9 heteroatoms. The number of nitriles is 1. The lowest BCUT2D eigenvalue weighted by Crippen LogP contribution is -2.36. The summed E-state index contributed by atoms with van der Waals surface area (Å²) in [6.45, 7) is 3.90. The number of benzene rings is 2. The molecule has 1 unspecified atom stereocenters. The zero-order valence-electron chi connectivity index (χ0n) is 24.6. The van der Waals surface area contributed by atoms with Crippen molar-refractivity contribution in [2.45, 2.75) is 89.9 Å². The van der Waals surface area contributed by atoms with Gasteiger partial charge in [0.2, 0.25) is 0 Å². The molecule has 224 valence electrons. The fourth-order valence-corrected chi connectivity index (χ4v) is 6.23. The van der Waals surface area contributed by atoms with Crippen molar-refractivity contribution < 1.29 is 19.0 Å². The highest BCUT2D eigenvalue weighted by Crippen LogP contribution is 2.32. The van der Waals surface area contributed by atoms with Crippen molar-refractivity contribution in [2.75, 3.05) is 0 Å². The van der Waals surface area contributed by atoms with Crippen LogP contribution in [0.1, 0.15) is 87.2 Å². The summed E-state index contributed by atoms with van der Waals surface area (Å²) in [6.07, 6.45) is 6.55. The smallest absolute Gasteiger partial charge is 0.332 e. The van der Waals surface area contributed by atoms with Crippen LogP contribution in [0, 0.1) is 17.1 Å². The Balaban J connectivity index is 1.49. The summed E-state index contributed by atoms with van der Waals surface area (Å²) in [5, 5.41) is 23.5. The van der Waals surface area contributed by atoms with Gasteiger partial charge in [0, 0.05) is 35.2 Å². The number of carboxylic acid groups (broad SMARTS) is 1. The monoisotopic (exact) mass is 584 g/mol. The molecule has 1 fully saturated rings. The number of aryl methyl sites for hydroxylation is 1. The van der Waals surface area contributed by atoms with E-state index in [4.69, 9.17) is 4.74 Å². The van der Waals surface area contributed by atoms with E-state index in [0.29, 0.717) is 66.3 Å². The van der Waals surface area contributed by atoms with Crippen molar-refractivity contribution in [3.05, 3.63) is 93.3 Å². The molecule has 5 rings (SSSR count). The zero-order valence-corrected chi connectivity index (χ0v) is 24.6. The second-order valence-corrected chi connectivity index (χ2v) is 11.3. The number of carboxylic acids is 1. The SMILES string of the molecule is CCCCc1c(Cc2ccc(-c3ccccc3C#N)c(F)c2)c(=O)n(C2CCC(OC(CC)C(=O)O)CC2)c2ccnn12. The molecule has 1 saturated carbocycles. The minimum Gasteiger partial charge on any atom is -0.479 e. The third-order valence-corrected chi connectivity index (χ3v) is 8.48. The molecule has 0 saturated heterocycles. The highest BCUT2D eigenvalue weighted by Gasteiger charge is 2.30. The van der Waals surface area contributed by atoms with Crippen LogP contribution in [0.15, 0.2) is 59.5 Å². The fraction of sp³-hybridized carbons (Fsp3) is 0.412. The largest absolute Gasteiger partial charge is 0.479 e. The highest BCUT2D eigenvalue weighted by molar-refractivity contribution is 5.72. The average molecular weight is 585 g/mol. The summed E-state index contributed by atoms with van der Waals surface area (Å²) in [5.74, 6) is -1.39. The van der Waals surface area contributed by atoms with Gasteiger partial charge in [-0.3, -0.25) is 9.36 Å². The first-order valence-corrected chi connectivity index (χ1v) is 15.1. The molecule has 4 aromatic rings. The number of fused-ring (bicyclic) bond motifs is 1. The van der Waals surface area contributed by atoms with Crippen LogP contribution < -0.4 is 5.56 Å². The molecule has 0 spiro atoms. The quantitative estimate of drug-likeness (QED) is 0.216. The van der Waals surface area contributed by atoms with Gasteiger partial charge in [0.05, 0.1) is 29.6 Å². The standard InChI is InChI=1S/C34H37FN4O4/c1-3-5-10-30-28(19-22-11-16-27(29(35)20-22)26-9-7-6-8-23(26)21-36)33(40)38(32-17-18-37-39(30)32)24-12-14-25(15-13-24)43-31(4-2)34(41)42/h6-9,11,16-18,20,24-25,31H,3-5,10,12-15,19H2,1-2H3,(H,41,42). The number of aliphatic carboxylic acids is 1. The maximum Gasteiger partial charge on any atom is 0.332 e. The van der Waals surface area contributed by atoms with Crippen LogP contribution in [-0.4, -0.2) is 37.5 Å². The Morgan fingerprint density at radius 1 is 1.14 bits per heavy atom. The summed E-state index contributed by atoms with van der Waals surface area (Å²) >= 11 is 0. The van der Waals surface area contributed by atoms with Crippen molar-refractivity contribution in [1.29, 1.82) is 5.26 Å². The number of aromatic nitrogens is 3.